The summed E-state index contributed by atoms with van der Waals surface area (Å²) in [6.07, 6.45) is 3.66. The molecule has 0 unspecified atom stereocenters. The molecule has 5 rings (SSSR count). The van der Waals surface area contributed by atoms with E-state index in [0.29, 0.717) is 37.4 Å². The normalized spacial score (nSPS) is 11.2. The van der Waals surface area contributed by atoms with E-state index in [0.717, 1.165) is 40.2 Å². The zero-order valence-electron chi connectivity index (χ0n) is 20.7. The third-order valence-electron chi connectivity index (χ3n) is 6.15. The number of imidazole rings is 1. The Morgan fingerprint density at radius 3 is 2.19 bits per heavy atom. The molecule has 0 fully saturated rings. The van der Waals surface area contributed by atoms with Gasteiger partial charge in [-0.15, -0.1) is 0 Å². The number of hydrogen-bond donors (Lipinski definition) is 2. The van der Waals surface area contributed by atoms with Crippen molar-refractivity contribution in [3.8, 4) is 28.6 Å². The van der Waals surface area contributed by atoms with Crippen molar-refractivity contribution in [3.63, 3.8) is 0 Å². The SMILES string of the molecule is COCCCOc1ccc(-c2cn3c(O)c(Cc4ccc(O)cc4)nc3c(Cc3ccccc3)n2)cc1. The molecule has 3 aromatic carbocycles. The summed E-state index contributed by atoms with van der Waals surface area (Å²) in [6.45, 7) is 1.25. The van der Waals surface area contributed by atoms with Crippen LogP contribution in [0.15, 0.2) is 85.1 Å². The van der Waals surface area contributed by atoms with E-state index in [4.69, 9.17) is 19.4 Å². The van der Waals surface area contributed by atoms with E-state index in [9.17, 15) is 10.2 Å². The van der Waals surface area contributed by atoms with E-state index in [2.05, 4.69) is 12.1 Å². The molecule has 2 N–H and O–H groups in total. The van der Waals surface area contributed by atoms with E-state index in [1.165, 1.54) is 0 Å². The quantitative estimate of drug-likeness (QED) is 0.252. The van der Waals surface area contributed by atoms with Crippen molar-refractivity contribution in [2.24, 2.45) is 0 Å². The molecule has 0 aliphatic carbocycles. The Hall–Kier alpha value is -4.36. The molecule has 0 atom stereocenters. The molecule has 7 nitrogen and oxygen atoms in total. The zero-order valence-corrected chi connectivity index (χ0v) is 20.7. The first-order valence-electron chi connectivity index (χ1n) is 12.2. The van der Waals surface area contributed by atoms with Crippen LogP contribution in [0, 0.1) is 0 Å². The van der Waals surface area contributed by atoms with Crippen LogP contribution in [-0.2, 0) is 17.6 Å². The Morgan fingerprint density at radius 2 is 1.46 bits per heavy atom. The fourth-order valence-corrected chi connectivity index (χ4v) is 4.23. The first kappa shape index (κ1) is 24.3. The molecule has 0 aliphatic rings. The molecule has 0 saturated carbocycles. The molecular weight excluding hydrogens is 466 g/mol. The van der Waals surface area contributed by atoms with Crippen molar-refractivity contribution in [1.82, 2.24) is 14.4 Å². The third kappa shape index (κ3) is 5.73. The number of hydrogen-bond acceptors (Lipinski definition) is 6. The maximum absolute atomic E-state index is 11.1. The van der Waals surface area contributed by atoms with E-state index in [1.54, 1.807) is 23.6 Å². The predicted molar refractivity (Wildman–Crippen MR) is 142 cm³/mol. The van der Waals surface area contributed by atoms with Crippen LogP contribution in [0.4, 0.5) is 0 Å². The number of ether oxygens (including phenoxy) is 2. The van der Waals surface area contributed by atoms with Crippen LogP contribution >= 0.6 is 0 Å². The van der Waals surface area contributed by atoms with Gasteiger partial charge in [-0.05, 0) is 47.5 Å². The lowest BCUT2D eigenvalue weighted by atomic mass is 10.1. The van der Waals surface area contributed by atoms with Crippen LogP contribution in [0.3, 0.4) is 0 Å². The molecule has 37 heavy (non-hydrogen) atoms. The van der Waals surface area contributed by atoms with Gasteiger partial charge >= 0.3 is 0 Å². The average Bonchev–Trinajstić information content (AvgIpc) is 3.24. The molecule has 0 radical (unpaired) electrons. The molecule has 0 bridgehead atoms. The van der Waals surface area contributed by atoms with Crippen LogP contribution in [0.1, 0.15) is 28.9 Å². The maximum atomic E-state index is 11.1. The number of phenolic OH excluding ortho intramolecular Hbond substituents is 1. The minimum absolute atomic E-state index is 0.0825. The van der Waals surface area contributed by atoms with E-state index in [-0.39, 0.29) is 11.6 Å². The van der Waals surface area contributed by atoms with Crippen LogP contribution in [0.5, 0.6) is 17.4 Å². The topological polar surface area (TPSA) is 89.1 Å². The lowest BCUT2D eigenvalue weighted by Crippen LogP contribution is -2.02. The highest BCUT2D eigenvalue weighted by atomic mass is 16.5. The number of methoxy groups -OCH3 is 1. The van der Waals surface area contributed by atoms with Gasteiger partial charge in [-0.2, -0.15) is 0 Å². The highest BCUT2D eigenvalue weighted by Crippen LogP contribution is 2.29. The number of fused-ring (bicyclic) bond motifs is 1. The van der Waals surface area contributed by atoms with E-state index in [1.807, 2.05) is 60.8 Å². The Morgan fingerprint density at radius 1 is 0.757 bits per heavy atom. The Bertz CT molecular complexity index is 1460. The second-order valence-electron chi connectivity index (χ2n) is 8.87. The molecule has 0 amide bonds. The van der Waals surface area contributed by atoms with Gasteiger partial charge in [0.2, 0.25) is 5.88 Å². The fourth-order valence-electron chi connectivity index (χ4n) is 4.23. The lowest BCUT2D eigenvalue weighted by Gasteiger charge is -2.10. The van der Waals surface area contributed by atoms with Crippen molar-refractivity contribution >= 4 is 5.65 Å². The molecule has 7 heteroatoms. The second-order valence-corrected chi connectivity index (χ2v) is 8.87. The summed E-state index contributed by atoms with van der Waals surface area (Å²) in [7, 11) is 1.68. The van der Waals surface area contributed by atoms with Gasteiger partial charge in [0.15, 0.2) is 5.65 Å². The van der Waals surface area contributed by atoms with Crippen LogP contribution in [0.25, 0.3) is 16.9 Å². The second kappa shape index (κ2) is 11.1. The molecule has 5 aromatic rings. The van der Waals surface area contributed by atoms with Gasteiger partial charge in [0.25, 0.3) is 0 Å². The lowest BCUT2D eigenvalue weighted by molar-refractivity contribution is 0.172. The monoisotopic (exact) mass is 495 g/mol. The zero-order chi connectivity index (χ0) is 25.6. The molecule has 0 spiro atoms. The van der Waals surface area contributed by atoms with Crippen molar-refractivity contribution in [2.75, 3.05) is 20.3 Å². The predicted octanol–water partition coefficient (Wildman–Crippen LogP) is 5.40. The minimum atomic E-state index is 0.0825. The smallest absolute Gasteiger partial charge is 0.219 e. The summed E-state index contributed by atoms with van der Waals surface area (Å²) in [4.78, 5) is 9.75. The summed E-state index contributed by atoms with van der Waals surface area (Å²) < 4.78 is 12.6. The number of benzene rings is 3. The van der Waals surface area contributed by atoms with Crippen LogP contribution in [0.2, 0.25) is 0 Å². The van der Waals surface area contributed by atoms with Crippen molar-refractivity contribution in [1.29, 1.82) is 0 Å². The minimum Gasteiger partial charge on any atom is -0.508 e. The average molecular weight is 496 g/mol. The Balaban J connectivity index is 1.50. The largest absolute Gasteiger partial charge is 0.508 e. The third-order valence-corrected chi connectivity index (χ3v) is 6.15. The number of phenols is 1. The first-order valence-corrected chi connectivity index (χ1v) is 12.2. The van der Waals surface area contributed by atoms with Crippen LogP contribution < -0.4 is 4.74 Å². The fraction of sp³-hybridized carbons (Fsp3) is 0.200. The summed E-state index contributed by atoms with van der Waals surface area (Å²) in [5.41, 5.74) is 5.64. The highest BCUT2D eigenvalue weighted by molar-refractivity contribution is 5.64. The van der Waals surface area contributed by atoms with Gasteiger partial charge in [0.05, 0.1) is 18.0 Å². The van der Waals surface area contributed by atoms with Gasteiger partial charge in [-0.3, -0.25) is 4.40 Å². The van der Waals surface area contributed by atoms with Gasteiger partial charge in [-0.25, -0.2) is 9.97 Å². The van der Waals surface area contributed by atoms with Crippen molar-refractivity contribution in [2.45, 2.75) is 19.3 Å². The standard InChI is InChI=1S/C30H29N3O4/c1-36-16-5-17-37-25-14-10-23(11-15-25)28-20-33-29(26(31-28)18-21-6-3-2-4-7-21)32-27(30(33)35)19-22-8-12-24(34)13-9-22/h2-4,6-15,20,34-35H,5,16-19H2,1H3. The molecule has 2 heterocycles. The summed E-state index contributed by atoms with van der Waals surface area (Å²) in [5, 5.41) is 20.7. The summed E-state index contributed by atoms with van der Waals surface area (Å²) >= 11 is 0. The van der Waals surface area contributed by atoms with Crippen molar-refractivity contribution in [3.05, 3.63) is 108 Å². The summed E-state index contributed by atoms with van der Waals surface area (Å²) in [6, 6.07) is 24.8. The van der Waals surface area contributed by atoms with Gasteiger partial charge < -0.3 is 19.7 Å². The number of rotatable bonds is 10. The van der Waals surface area contributed by atoms with Crippen LogP contribution in [-0.4, -0.2) is 44.9 Å². The molecule has 188 valence electrons. The summed E-state index contributed by atoms with van der Waals surface area (Å²) in [5.74, 6) is 1.07. The first-order chi connectivity index (χ1) is 18.1. The highest BCUT2D eigenvalue weighted by Gasteiger charge is 2.18. The molecule has 0 aliphatic heterocycles. The number of aromatic hydroxyl groups is 2. The molecule has 2 aromatic heterocycles. The van der Waals surface area contributed by atoms with Gasteiger partial charge in [0, 0.05) is 44.7 Å². The molecule has 0 saturated heterocycles. The number of nitrogens with zero attached hydrogens (tertiary/aromatic N) is 3. The Labute approximate surface area is 215 Å². The van der Waals surface area contributed by atoms with E-state index >= 15 is 0 Å². The van der Waals surface area contributed by atoms with Gasteiger partial charge in [-0.1, -0.05) is 42.5 Å². The van der Waals surface area contributed by atoms with E-state index < -0.39 is 0 Å². The maximum Gasteiger partial charge on any atom is 0.219 e. The number of aromatic nitrogens is 3. The van der Waals surface area contributed by atoms with Crippen molar-refractivity contribution < 1.29 is 19.7 Å². The van der Waals surface area contributed by atoms with Gasteiger partial charge in [0.1, 0.15) is 17.2 Å². The Kier molecular flexibility index (Phi) is 7.33. The molecular formula is C30H29N3O4.